The van der Waals surface area contributed by atoms with Crippen LogP contribution in [0.15, 0.2) is 34.2 Å². The molecule has 2 aromatic rings. The summed E-state index contributed by atoms with van der Waals surface area (Å²) in [7, 11) is 1.34. The maximum atomic E-state index is 12.8. The second kappa shape index (κ2) is 8.46. The van der Waals surface area contributed by atoms with Crippen molar-refractivity contribution in [2.24, 2.45) is 0 Å². The van der Waals surface area contributed by atoms with Crippen LogP contribution in [0.1, 0.15) is 12.8 Å². The van der Waals surface area contributed by atoms with Gasteiger partial charge in [-0.25, -0.2) is 4.98 Å². The van der Waals surface area contributed by atoms with Crippen LogP contribution in [0.4, 0.5) is 0 Å². The zero-order valence-corrected chi connectivity index (χ0v) is 14.8. The highest BCUT2D eigenvalue weighted by Crippen LogP contribution is 2.21. The molecule has 3 rings (SSSR count). The number of carbonyl (C=O) groups excluding carboxylic acids is 1. The third kappa shape index (κ3) is 4.39. The molecular formula is C17H20N2O5S. The van der Waals surface area contributed by atoms with E-state index in [2.05, 4.69) is 9.72 Å². The fourth-order valence-electron chi connectivity index (χ4n) is 2.56. The van der Waals surface area contributed by atoms with Gasteiger partial charge in [-0.05, 0) is 18.6 Å². The average Bonchev–Trinajstić information content (AvgIpc) is 2.66. The molecule has 2 heterocycles. The number of fused-ring (bicyclic) bond motifs is 1. The van der Waals surface area contributed by atoms with Crippen molar-refractivity contribution in [1.29, 1.82) is 0 Å². The van der Waals surface area contributed by atoms with E-state index in [4.69, 9.17) is 9.47 Å². The number of hydrogen-bond donors (Lipinski definition) is 0. The van der Waals surface area contributed by atoms with Gasteiger partial charge in [-0.1, -0.05) is 23.9 Å². The fraction of sp³-hybridized carbons (Fsp3) is 0.471. The maximum absolute atomic E-state index is 12.8. The van der Waals surface area contributed by atoms with Gasteiger partial charge in [0.05, 0.1) is 37.1 Å². The Bertz CT molecular complexity index is 801. The number of ether oxygens (including phenoxy) is 3. The molecule has 1 saturated heterocycles. The molecule has 0 unspecified atom stereocenters. The highest BCUT2D eigenvalue weighted by atomic mass is 32.2. The molecule has 1 aliphatic rings. The Morgan fingerprint density at radius 1 is 1.44 bits per heavy atom. The lowest BCUT2D eigenvalue weighted by Crippen LogP contribution is -2.28. The summed E-state index contributed by atoms with van der Waals surface area (Å²) in [5, 5.41) is 1.13. The summed E-state index contributed by atoms with van der Waals surface area (Å²) in [6.45, 7) is 1.21. The van der Waals surface area contributed by atoms with E-state index < -0.39 is 0 Å². The first-order chi connectivity index (χ1) is 12.2. The molecule has 1 atom stereocenters. The normalized spacial score (nSPS) is 17.6. The first kappa shape index (κ1) is 17.9. The zero-order valence-electron chi connectivity index (χ0n) is 14.0. The maximum Gasteiger partial charge on any atom is 0.307 e. The van der Waals surface area contributed by atoms with E-state index in [1.165, 1.54) is 18.9 Å². The molecule has 8 heteroatoms. The molecule has 0 aliphatic carbocycles. The van der Waals surface area contributed by atoms with Gasteiger partial charge in [-0.15, -0.1) is 0 Å². The van der Waals surface area contributed by atoms with Gasteiger partial charge in [-0.2, -0.15) is 0 Å². The summed E-state index contributed by atoms with van der Waals surface area (Å²) in [4.78, 5) is 28.9. The van der Waals surface area contributed by atoms with Crippen molar-refractivity contribution in [3.05, 3.63) is 34.6 Å². The van der Waals surface area contributed by atoms with Crippen LogP contribution in [0.2, 0.25) is 0 Å². The van der Waals surface area contributed by atoms with Crippen molar-refractivity contribution in [2.45, 2.75) is 30.6 Å². The standard InChI is InChI=1S/C17H20N2O5S/c1-22-15(20)6-8-19-16(21)13-4-2-3-5-14(13)18-17(19)25-10-12-7-9-23-11-24-12/h2-5,12H,6-11H2,1H3/t12-/m1/s1. The molecule has 0 N–H and O–H groups in total. The third-order valence-corrected chi connectivity index (χ3v) is 5.07. The summed E-state index contributed by atoms with van der Waals surface area (Å²) in [6.07, 6.45) is 1.00. The Morgan fingerprint density at radius 2 is 2.28 bits per heavy atom. The smallest absolute Gasteiger partial charge is 0.307 e. The van der Waals surface area contributed by atoms with Crippen molar-refractivity contribution < 1.29 is 19.0 Å². The molecule has 0 radical (unpaired) electrons. The SMILES string of the molecule is COC(=O)CCn1c(SC[C@H]2CCOCO2)nc2ccccc2c1=O. The van der Waals surface area contributed by atoms with E-state index in [1.807, 2.05) is 12.1 Å². The van der Waals surface area contributed by atoms with Gasteiger partial charge in [0.2, 0.25) is 0 Å². The molecule has 1 aromatic carbocycles. The largest absolute Gasteiger partial charge is 0.469 e. The van der Waals surface area contributed by atoms with Crippen molar-refractivity contribution in [3.63, 3.8) is 0 Å². The minimum absolute atomic E-state index is 0.0659. The number of aromatic nitrogens is 2. The number of benzene rings is 1. The molecule has 1 fully saturated rings. The van der Waals surface area contributed by atoms with Gasteiger partial charge in [0.15, 0.2) is 5.16 Å². The van der Waals surface area contributed by atoms with Crippen LogP contribution in [0.5, 0.6) is 0 Å². The van der Waals surface area contributed by atoms with Crippen LogP contribution in [-0.4, -0.2) is 47.9 Å². The summed E-state index contributed by atoms with van der Waals surface area (Å²) in [5.41, 5.74) is 0.502. The van der Waals surface area contributed by atoms with Crippen LogP contribution in [0.25, 0.3) is 10.9 Å². The quantitative estimate of drug-likeness (QED) is 0.439. The highest BCUT2D eigenvalue weighted by Gasteiger charge is 2.18. The first-order valence-corrected chi connectivity index (χ1v) is 9.06. The molecule has 0 bridgehead atoms. The topological polar surface area (TPSA) is 79.7 Å². The second-order valence-corrected chi connectivity index (χ2v) is 6.60. The minimum atomic E-state index is -0.358. The fourth-order valence-corrected chi connectivity index (χ4v) is 3.65. The van der Waals surface area contributed by atoms with E-state index in [0.29, 0.717) is 35.2 Å². The Kier molecular flexibility index (Phi) is 6.06. The van der Waals surface area contributed by atoms with E-state index >= 15 is 0 Å². The predicted molar refractivity (Wildman–Crippen MR) is 93.7 cm³/mol. The molecular weight excluding hydrogens is 344 g/mol. The first-order valence-electron chi connectivity index (χ1n) is 8.07. The van der Waals surface area contributed by atoms with E-state index in [1.54, 1.807) is 16.7 Å². The van der Waals surface area contributed by atoms with Gasteiger partial charge in [0.1, 0.15) is 6.79 Å². The molecule has 25 heavy (non-hydrogen) atoms. The Balaban J connectivity index is 1.87. The van der Waals surface area contributed by atoms with Crippen molar-refractivity contribution in [2.75, 3.05) is 26.3 Å². The number of rotatable bonds is 6. The van der Waals surface area contributed by atoms with Crippen LogP contribution < -0.4 is 5.56 Å². The predicted octanol–water partition coefficient (Wildman–Crippen LogP) is 1.81. The summed E-state index contributed by atoms with van der Waals surface area (Å²) < 4.78 is 16.9. The molecule has 0 saturated carbocycles. The van der Waals surface area contributed by atoms with Gasteiger partial charge >= 0.3 is 5.97 Å². The van der Waals surface area contributed by atoms with E-state index in [9.17, 15) is 9.59 Å². The number of thioether (sulfide) groups is 1. The van der Waals surface area contributed by atoms with E-state index in [0.717, 1.165) is 6.42 Å². The van der Waals surface area contributed by atoms with Gasteiger partial charge in [0, 0.05) is 12.3 Å². The highest BCUT2D eigenvalue weighted by molar-refractivity contribution is 7.99. The molecule has 1 aliphatic heterocycles. The molecule has 0 spiro atoms. The monoisotopic (exact) mass is 364 g/mol. The van der Waals surface area contributed by atoms with Crippen LogP contribution in [-0.2, 0) is 25.5 Å². The molecule has 134 valence electrons. The third-order valence-electron chi connectivity index (χ3n) is 3.96. The summed E-state index contributed by atoms with van der Waals surface area (Å²) in [5.74, 6) is 0.315. The molecule has 7 nitrogen and oxygen atoms in total. The number of para-hydroxylation sites is 1. The Hall–Kier alpha value is -1.90. The summed E-state index contributed by atoms with van der Waals surface area (Å²) >= 11 is 1.46. The lowest BCUT2D eigenvalue weighted by atomic mass is 10.2. The minimum Gasteiger partial charge on any atom is -0.469 e. The van der Waals surface area contributed by atoms with Crippen LogP contribution >= 0.6 is 11.8 Å². The lowest BCUT2D eigenvalue weighted by Gasteiger charge is -2.22. The molecule has 0 amide bonds. The van der Waals surface area contributed by atoms with Crippen LogP contribution in [0, 0.1) is 0 Å². The number of hydrogen-bond acceptors (Lipinski definition) is 7. The Morgan fingerprint density at radius 3 is 3.04 bits per heavy atom. The summed E-state index contributed by atoms with van der Waals surface area (Å²) in [6, 6.07) is 7.22. The Labute approximate surface area is 149 Å². The van der Waals surface area contributed by atoms with Crippen molar-refractivity contribution in [3.8, 4) is 0 Å². The molecule has 1 aromatic heterocycles. The second-order valence-electron chi connectivity index (χ2n) is 5.61. The average molecular weight is 364 g/mol. The van der Waals surface area contributed by atoms with Crippen molar-refractivity contribution in [1.82, 2.24) is 9.55 Å². The van der Waals surface area contributed by atoms with Crippen molar-refractivity contribution >= 4 is 28.6 Å². The zero-order chi connectivity index (χ0) is 17.6. The van der Waals surface area contributed by atoms with Crippen LogP contribution in [0.3, 0.4) is 0 Å². The number of methoxy groups -OCH3 is 1. The van der Waals surface area contributed by atoms with Gasteiger partial charge in [0.25, 0.3) is 5.56 Å². The van der Waals surface area contributed by atoms with Gasteiger partial charge in [-0.3, -0.25) is 14.2 Å². The number of nitrogens with zero attached hydrogens (tertiary/aromatic N) is 2. The lowest BCUT2D eigenvalue weighted by molar-refractivity contribution is -0.140. The number of esters is 1. The van der Waals surface area contributed by atoms with E-state index in [-0.39, 0.29) is 30.6 Å². The number of carbonyl (C=O) groups is 1. The van der Waals surface area contributed by atoms with Gasteiger partial charge < -0.3 is 14.2 Å².